The summed E-state index contributed by atoms with van der Waals surface area (Å²) in [6.45, 7) is 6.30. The first-order valence-electron chi connectivity index (χ1n) is 9.38. The topological polar surface area (TPSA) is 100 Å². The standard InChI is InChI=1S/C21H27N3O4/c1-4-5-10-28-17-8-6-16(7-9-17)20(26)23-13-19(25)22-12-18-14(2)11-15(3)24-21(18)27/h6-9,11H,4-5,10,12-13H2,1-3H3,(H,22,25)(H,23,26)(H,24,27). The van der Waals surface area contributed by atoms with E-state index in [-0.39, 0.29) is 30.5 Å². The van der Waals surface area contributed by atoms with Crippen LogP contribution >= 0.6 is 0 Å². The number of nitrogens with one attached hydrogen (secondary N) is 3. The van der Waals surface area contributed by atoms with E-state index in [2.05, 4.69) is 22.5 Å². The smallest absolute Gasteiger partial charge is 0.253 e. The van der Waals surface area contributed by atoms with Gasteiger partial charge in [0.25, 0.3) is 11.5 Å². The number of aromatic amines is 1. The zero-order valence-corrected chi connectivity index (χ0v) is 16.6. The third-order valence-corrected chi connectivity index (χ3v) is 4.25. The van der Waals surface area contributed by atoms with Crippen LogP contribution in [0.1, 0.15) is 46.9 Å². The van der Waals surface area contributed by atoms with Crippen LogP contribution < -0.4 is 20.9 Å². The van der Waals surface area contributed by atoms with Crippen LogP contribution in [-0.2, 0) is 11.3 Å². The summed E-state index contributed by atoms with van der Waals surface area (Å²) in [7, 11) is 0. The van der Waals surface area contributed by atoms with Gasteiger partial charge < -0.3 is 20.4 Å². The van der Waals surface area contributed by atoms with Crippen LogP contribution in [0.3, 0.4) is 0 Å². The van der Waals surface area contributed by atoms with Crippen LogP contribution in [0, 0.1) is 13.8 Å². The molecule has 1 aromatic carbocycles. The summed E-state index contributed by atoms with van der Waals surface area (Å²) in [5.74, 6) is -0.00621. The molecule has 0 bridgehead atoms. The normalized spacial score (nSPS) is 10.4. The van der Waals surface area contributed by atoms with Crippen molar-refractivity contribution in [2.45, 2.75) is 40.2 Å². The van der Waals surface area contributed by atoms with Crippen LogP contribution in [0.25, 0.3) is 0 Å². The number of rotatable bonds is 9. The second-order valence-electron chi connectivity index (χ2n) is 6.63. The van der Waals surface area contributed by atoms with Gasteiger partial charge in [0.15, 0.2) is 0 Å². The molecular formula is C21H27N3O4. The molecule has 7 nitrogen and oxygen atoms in total. The van der Waals surface area contributed by atoms with Crippen LogP contribution in [-0.4, -0.2) is 29.9 Å². The highest BCUT2D eigenvalue weighted by atomic mass is 16.5. The van der Waals surface area contributed by atoms with E-state index < -0.39 is 0 Å². The summed E-state index contributed by atoms with van der Waals surface area (Å²) in [5, 5.41) is 5.22. The number of carbonyl (C=O) groups is 2. The molecule has 150 valence electrons. The maximum Gasteiger partial charge on any atom is 0.253 e. The Balaban J connectivity index is 1.81. The van der Waals surface area contributed by atoms with Crippen LogP contribution in [0.5, 0.6) is 5.75 Å². The predicted octanol–water partition coefficient (Wildman–Crippen LogP) is 2.22. The number of aryl methyl sites for hydroxylation is 2. The number of carbonyl (C=O) groups excluding carboxylic acids is 2. The fraction of sp³-hybridized carbons (Fsp3) is 0.381. The van der Waals surface area contributed by atoms with Gasteiger partial charge in [-0.25, -0.2) is 0 Å². The summed E-state index contributed by atoms with van der Waals surface area (Å²) in [5.41, 5.74) is 2.31. The maximum atomic E-state index is 12.2. The average Bonchev–Trinajstić information content (AvgIpc) is 2.66. The Morgan fingerprint density at radius 2 is 1.82 bits per heavy atom. The first-order chi connectivity index (χ1) is 13.4. The number of amides is 2. The summed E-state index contributed by atoms with van der Waals surface area (Å²) < 4.78 is 5.56. The molecule has 7 heteroatoms. The fourth-order valence-electron chi connectivity index (χ4n) is 2.65. The number of hydrogen-bond acceptors (Lipinski definition) is 4. The molecular weight excluding hydrogens is 358 g/mol. The lowest BCUT2D eigenvalue weighted by atomic mass is 10.1. The van der Waals surface area contributed by atoms with Gasteiger partial charge in [-0.05, 0) is 56.2 Å². The van der Waals surface area contributed by atoms with Crippen molar-refractivity contribution in [2.75, 3.05) is 13.2 Å². The summed E-state index contributed by atoms with van der Waals surface area (Å²) in [4.78, 5) is 38.8. The lowest BCUT2D eigenvalue weighted by Crippen LogP contribution is -2.37. The molecule has 1 heterocycles. The number of pyridine rings is 1. The van der Waals surface area contributed by atoms with Gasteiger partial charge in [-0.3, -0.25) is 14.4 Å². The second-order valence-corrected chi connectivity index (χ2v) is 6.63. The Bertz CT molecular complexity index is 872. The minimum Gasteiger partial charge on any atom is -0.494 e. The summed E-state index contributed by atoms with van der Waals surface area (Å²) >= 11 is 0. The number of hydrogen-bond donors (Lipinski definition) is 3. The first kappa shape index (κ1) is 21.2. The Labute approximate surface area is 164 Å². The van der Waals surface area contributed by atoms with Crippen molar-refractivity contribution >= 4 is 11.8 Å². The predicted molar refractivity (Wildman–Crippen MR) is 108 cm³/mol. The van der Waals surface area contributed by atoms with Crippen molar-refractivity contribution in [3.63, 3.8) is 0 Å². The van der Waals surface area contributed by atoms with Gasteiger partial charge in [0.1, 0.15) is 5.75 Å². The van der Waals surface area contributed by atoms with E-state index in [1.807, 2.05) is 13.0 Å². The molecule has 2 rings (SSSR count). The molecule has 0 spiro atoms. The molecule has 28 heavy (non-hydrogen) atoms. The van der Waals surface area contributed by atoms with E-state index in [4.69, 9.17) is 4.74 Å². The number of H-pyrrole nitrogens is 1. The molecule has 2 aromatic rings. The van der Waals surface area contributed by atoms with E-state index >= 15 is 0 Å². The quantitative estimate of drug-likeness (QED) is 0.576. The molecule has 1 aromatic heterocycles. The SMILES string of the molecule is CCCCOc1ccc(C(=O)NCC(=O)NCc2c(C)cc(C)[nH]c2=O)cc1. The van der Waals surface area contributed by atoms with Gasteiger partial charge in [-0.1, -0.05) is 13.3 Å². The van der Waals surface area contributed by atoms with E-state index in [0.29, 0.717) is 23.5 Å². The molecule has 0 unspecified atom stereocenters. The largest absolute Gasteiger partial charge is 0.494 e. The lowest BCUT2D eigenvalue weighted by Gasteiger charge is -2.09. The Morgan fingerprint density at radius 1 is 1.11 bits per heavy atom. The molecule has 2 amide bonds. The number of benzene rings is 1. The van der Waals surface area contributed by atoms with E-state index in [1.165, 1.54) is 0 Å². The minimum absolute atomic E-state index is 0.111. The second kappa shape index (κ2) is 10.3. The van der Waals surface area contributed by atoms with E-state index in [1.54, 1.807) is 31.2 Å². The van der Waals surface area contributed by atoms with Crippen molar-refractivity contribution in [3.05, 3.63) is 63.1 Å². The Hall–Kier alpha value is -3.09. The molecule has 0 aliphatic carbocycles. The van der Waals surface area contributed by atoms with E-state index in [9.17, 15) is 14.4 Å². The van der Waals surface area contributed by atoms with Crippen molar-refractivity contribution in [1.82, 2.24) is 15.6 Å². The van der Waals surface area contributed by atoms with Gasteiger partial charge in [0.05, 0.1) is 13.2 Å². The van der Waals surface area contributed by atoms with Crippen LogP contribution in [0.15, 0.2) is 35.1 Å². The fourth-order valence-corrected chi connectivity index (χ4v) is 2.65. The van der Waals surface area contributed by atoms with E-state index in [0.717, 1.165) is 24.1 Å². The average molecular weight is 385 g/mol. The molecule has 0 atom stereocenters. The summed E-state index contributed by atoms with van der Waals surface area (Å²) in [6.07, 6.45) is 2.03. The molecule has 0 radical (unpaired) electrons. The minimum atomic E-state index is -0.368. The summed E-state index contributed by atoms with van der Waals surface area (Å²) in [6, 6.07) is 8.63. The Kier molecular flexibility index (Phi) is 7.80. The monoisotopic (exact) mass is 385 g/mol. The van der Waals surface area contributed by atoms with Crippen molar-refractivity contribution in [3.8, 4) is 5.75 Å². The van der Waals surface area contributed by atoms with Gasteiger partial charge >= 0.3 is 0 Å². The third-order valence-electron chi connectivity index (χ3n) is 4.25. The molecule has 0 aliphatic rings. The molecule has 0 aliphatic heterocycles. The van der Waals surface area contributed by atoms with Crippen LogP contribution in [0.4, 0.5) is 0 Å². The zero-order valence-electron chi connectivity index (χ0n) is 16.6. The Morgan fingerprint density at radius 3 is 2.46 bits per heavy atom. The number of aromatic nitrogens is 1. The van der Waals surface area contributed by atoms with Gasteiger partial charge in [-0.2, -0.15) is 0 Å². The van der Waals surface area contributed by atoms with Crippen LogP contribution in [0.2, 0.25) is 0 Å². The highest BCUT2D eigenvalue weighted by Crippen LogP contribution is 2.12. The van der Waals surface area contributed by atoms with Gasteiger partial charge in [0, 0.05) is 23.4 Å². The van der Waals surface area contributed by atoms with Crippen molar-refractivity contribution in [1.29, 1.82) is 0 Å². The number of ether oxygens (including phenoxy) is 1. The molecule has 0 saturated heterocycles. The highest BCUT2D eigenvalue weighted by Gasteiger charge is 2.10. The number of unbranched alkanes of at least 4 members (excludes halogenated alkanes) is 1. The van der Waals surface area contributed by atoms with Crippen molar-refractivity contribution in [2.24, 2.45) is 0 Å². The van der Waals surface area contributed by atoms with Gasteiger partial charge in [0.2, 0.25) is 5.91 Å². The molecule has 3 N–H and O–H groups in total. The zero-order chi connectivity index (χ0) is 20.5. The van der Waals surface area contributed by atoms with Crippen molar-refractivity contribution < 1.29 is 14.3 Å². The third kappa shape index (κ3) is 6.26. The lowest BCUT2D eigenvalue weighted by molar-refractivity contribution is -0.120. The molecule has 0 saturated carbocycles. The first-order valence-corrected chi connectivity index (χ1v) is 9.38. The maximum absolute atomic E-state index is 12.2. The molecule has 0 fully saturated rings. The highest BCUT2D eigenvalue weighted by molar-refractivity contribution is 5.96. The van der Waals surface area contributed by atoms with Gasteiger partial charge in [-0.15, -0.1) is 0 Å².